The van der Waals surface area contributed by atoms with Gasteiger partial charge in [0.05, 0.1) is 36.7 Å². The summed E-state index contributed by atoms with van der Waals surface area (Å²) in [6.45, 7) is 6.91. The lowest BCUT2D eigenvalue weighted by atomic mass is 9.85. The van der Waals surface area contributed by atoms with E-state index < -0.39 is 12.1 Å². The van der Waals surface area contributed by atoms with E-state index in [4.69, 9.17) is 4.74 Å². The van der Waals surface area contributed by atoms with Gasteiger partial charge >= 0.3 is 6.18 Å². The summed E-state index contributed by atoms with van der Waals surface area (Å²) in [7, 11) is 0. The van der Waals surface area contributed by atoms with Crippen molar-refractivity contribution < 1.29 is 17.9 Å². The van der Waals surface area contributed by atoms with Crippen molar-refractivity contribution in [3.8, 4) is 0 Å². The molecule has 2 fully saturated rings. The molecule has 8 nitrogen and oxygen atoms in total. The van der Waals surface area contributed by atoms with Gasteiger partial charge in [0.2, 0.25) is 5.95 Å². The van der Waals surface area contributed by atoms with Gasteiger partial charge in [-0.05, 0) is 38.8 Å². The van der Waals surface area contributed by atoms with Gasteiger partial charge in [-0.3, -0.25) is 0 Å². The monoisotopic (exact) mass is 449 g/mol. The van der Waals surface area contributed by atoms with Crippen LogP contribution in [0.5, 0.6) is 0 Å². The molecule has 32 heavy (non-hydrogen) atoms. The van der Waals surface area contributed by atoms with E-state index in [2.05, 4.69) is 35.0 Å². The molecule has 0 aromatic carbocycles. The lowest BCUT2D eigenvalue weighted by Gasteiger charge is -2.27. The van der Waals surface area contributed by atoms with E-state index in [1.54, 1.807) is 18.6 Å². The van der Waals surface area contributed by atoms with Crippen LogP contribution in [0, 0.1) is 19.8 Å². The highest BCUT2D eigenvalue weighted by molar-refractivity contribution is 5.69. The Morgan fingerprint density at radius 2 is 1.75 bits per heavy atom. The first-order valence-corrected chi connectivity index (χ1v) is 10.4. The van der Waals surface area contributed by atoms with Gasteiger partial charge in [0.15, 0.2) is 5.65 Å². The summed E-state index contributed by atoms with van der Waals surface area (Å²) < 4.78 is 39.8. The maximum Gasteiger partial charge on any atom is 0.391 e. The largest absolute Gasteiger partial charge is 0.391 e. The lowest BCUT2D eigenvalue weighted by Crippen LogP contribution is -2.37. The maximum absolute atomic E-state index is 11.5. The van der Waals surface area contributed by atoms with Crippen molar-refractivity contribution >= 4 is 17.1 Å². The summed E-state index contributed by atoms with van der Waals surface area (Å²) in [5, 5.41) is 7.36. The Labute approximate surface area is 184 Å². The molecule has 0 spiro atoms. The van der Waals surface area contributed by atoms with Gasteiger partial charge < -0.3 is 9.64 Å². The Hall–Kier alpha value is -2.95. The zero-order chi connectivity index (χ0) is 23.0. The van der Waals surface area contributed by atoms with Crippen molar-refractivity contribution in [2.45, 2.75) is 39.3 Å². The molecule has 5 rings (SSSR count). The Bertz CT molecular complexity index is 978. The number of anilines is 1. The molecule has 1 saturated carbocycles. The molecule has 11 heteroatoms. The third kappa shape index (κ3) is 7.04. The van der Waals surface area contributed by atoms with Gasteiger partial charge in [0, 0.05) is 25.5 Å². The van der Waals surface area contributed by atoms with Crippen LogP contribution in [-0.2, 0) is 4.74 Å². The quantitative estimate of drug-likeness (QED) is 0.556. The third-order valence-corrected chi connectivity index (χ3v) is 4.98. The topological polar surface area (TPSA) is 89.8 Å². The van der Waals surface area contributed by atoms with E-state index in [0.717, 1.165) is 49.6 Å². The molecule has 0 amide bonds. The van der Waals surface area contributed by atoms with Crippen LogP contribution in [0.1, 0.15) is 30.7 Å². The van der Waals surface area contributed by atoms with Crippen molar-refractivity contribution in [3.63, 3.8) is 0 Å². The predicted octanol–water partition coefficient (Wildman–Crippen LogP) is 3.70. The van der Waals surface area contributed by atoms with Gasteiger partial charge in [0.25, 0.3) is 0 Å². The fraction of sp³-hybridized carbons (Fsp3) is 0.524. The van der Waals surface area contributed by atoms with Crippen LogP contribution < -0.4 is 4.90 Å². The molecule has 1 aliphatic heterocycles. The Morgan fingerprint density at radius 3 is 2.25 bits per heavy atom. The third-order valence-electron chi connectivity index (χ3n) is 4.98. The summed E-state index contributed by atoms with van der Waals surface area (Å²) in [5.74, 6) is -0.261. The van der Waals surface area contributed by atoms with Gasteiger partial charge in [0.1, 0.15) is 5.52 Å². The number of fused-ring (bicyclic) bond motifs is 1. The minimum atomic E-state index is -3.90. The van der Waals surface area contributed by atoms with Gasteiger partial charge in [-0.15, -0.1) is 0 Å². The Kier molecular flexibility index (Phi) is 8.20. The van der Waals surface area contributed by atoms with Crippen molar-refractivity contribution in [1.82, 2.24) is 30.1 Å². The molecule has 3 aromatic heterocycles. The number of nitrogens with zero attached hydrogens (tertiary/aromatic N) is 7. The molecule has 172 valence electrons. The normalized spacial score (nSPS) is 16.3. The fourth-order valence-electron chi connectivity index (χ4n) is 2.92. The molecule has 0 N–H and O–H groups in total. The molecular weight excluding hydrogens is 423 g/mol. The van der Waals surface area contributed by atoms with E-state index in [-0.39, 0.29) is 0 Å². The van der Waals surface area contributed by atoms with Crippen LogP contribution >= 0.6 is 0 Å². The highest BCUT2D eigenvalue weighted by Crippen LogP contribution is 2.40. The highest BCUT2D eigenvalue weighted by atomic mass is 19.4. The van der Waals surface area contributed by atoms with Gasteiger partial charge in [-0.2, -0.15) is 28.4 Å². The standard InChI is InChI=1S/C11H13N5O.C5H7F3.C5H6N2/c1-8-6-12-9-7-13-11(15-10(9)14-8)16-2-4-17-5-3-16;6-5(7,8)4-2-1-3-4;1-5-3-2-4-6-7-5/h6-7H,2-5H2,1H3;4H,1-3H2;2-4H,1H3. The molecule has 1 saturated heterocycles. The number of alkyl halides is 3. The number of aryl methyl sites for hydroxylation is 2. The number of halogens is 3. The molecular formula is C21H26F3N7O. The second-order valence-electron chi connectivity index (χ2n) is 7.52. The summed E-state index contributed by atoms with van der Waals surface area (Å²) >= 11 is 0. The second-order valence-corrected chi connectivity index (χ2v) is 7.52. The minimum absolute atomic E-state index is 0.351. The first-order valence-electron chi connectivity index (χ1n) is 10.4. The van der Waals surface area contributed by atoms with E-state index >= 15 is 0 Å². The number of hydrogen-bond acceptors (Lipinski definition) is 8. The first-order chi connectivity index (χ1) is 15.3. The molecule has 0 radical (unpaired) electrons. The number of hydrogen-bond donors (Lipinski definition) is 0. The number of ether oxygens (including phenoxy) is 1. The van der Waals surface area contributed by atoms with E-state index in [9.17, 15) is 13.2 Å². The molecule has 1 aliphatic carbocycles. The van der Waals surface area contributed by atoms with Gasteiger partial charge in [-0.1, -0.05) is 6.42 Å². The number of aromatic nitrogens is 6. The van der Waals surface area contributed by atoms with Crippen LogP contribution in [-0.4, -0.2) is 62.6 Å². The van der Waals surface area contributed by atoms with Gasteiger partial charge in [-0.25, -0.2) is 15.0 Å². The molecule has 2 aliphatic rings. The minimum Gasteiger partial charge on any atom is -0.378 e. The van der Waals surface area contributed by atoms with E-state index in [0.29, 0.717) is 24.4 Å². The van der Waals surface area contributed by atoms with Crippen LogP contribution in [0.4, 0.5) is 19.1 Å². The van der Waals surface area contributed by atoms with E-state index in [1.165, 1.54) is 0 Å². The zero-order valence-corrected chi connectivity index (χ0v) is 18.1. The van der Waals surface area contributed by atoms with Crippen molar-refractivity contribution in [2.75, 3.05) is 31.2 Å². The predicted molar refractivity (Wildman–Crippen MR) is 113 cm³/mol. The second kappa shape index (κ2) is 11.1. The Morgan fingerprint density at radius 1 is 1.00 bits per heavy atom. The Balaban J connectivity index is 0.000000160. The average molecular weight is 449 g/mol. The molecule has 0 unspecified atom stereocenters. The van der Waals surface area contributed by atoms with Crippen molar-refractivity contribution in [3.05, 3.63) is 42.1 Å². The SMILES string of the molecule is Cc1cccnn1.Cc1cnc2cnc(N3CCOCC3)nc2n1.FC(F)(F)C1CCC1. The molecule has 3 aromatic rings. The highest BCUT2D eigenvalue weighted by Gasteiger charge is 2.42. The summed E-state index contributed by atoms with van der Waals surface area (Å²) in [6, 6.07) is 3.77. The van der Waals surface area contributed by atoms with Crippen LogP contribution in [0.3, 0.4) is 0 Å². The maximum atomic E-state index is 11.5. The molecule has 0 bridgehead atoms. The first kappa shape index (κ1) is 23.7. The summed E-state index contributed by atoms with van der Waals surface area (Å²) in [5.41, 5.74) is 3.21. The van der Waals surface area contributed by atoms with Crippen molar-refractivity contribution in [1.29, 1.82) is 0 Å². The number of morpholine rings is 1. The summed E-state index contributed by atoms with van der Waals surface area (Å²) in [6.07, 6.45) is 2.65. The summed E-state index contributed by atoms with van der Waals surface area (Å²) in [4.78, 5) is 19.5. The smallest absolute Gasteiger partial charge is 0.378 e. The molecule has 0 atom stereocenters. The van der Waals surface area contributed by atoms with E-state index in [1.807, 2.05) is 26.0 Å². The van der Waals surface area contributed by atoms with Crippen LogP contribution in [0.2, 0.25) is 0 Å². The van der Waals surface area contributed by atoms with Crippen LogP contribution in [0.25, 0.3) is 11.2 Å². The fourth-order valence-corrected chi connectivity index (χ4v) is 2.92. The number of rotatable bonds is 1. The zero-order valence-electron chi connectivity index (χ0n) is 18.1. The lowest BCUT2D eigenvalue weighted by molar-refractivity contribution is -0.193. The average Bonchev–Trinajstić information content (AvgIpc) is 2.73. The van der Waals surface area contributed by atoms with Crippen molar-refractivity contribution in [2.24, 2.45) is 5.92 Å². The molecule has 4 heterocycles. The van der Waals surface area contributed by atoms with Crippen LogP contribution in [0.15, 0.2) is 30.7 Å².